The number of hydrogen-bond acceptors (Lipinski definition) is 5. The van der Waals surface area contributed by atoms with Crippen LogP contribution in [0.3, 0.4) is 0 Å². The van der Waals surface area contributed by atoms with Crippen molar-refractivity contribution in [3.8, 4) is 33.4 Å². The van der Waals surface area contributed by atoms with Crippen molar-refractivity contribution in [2.45, 2.75) is 6.92 Å². The molecule has 0 aromatic carbocycles. The van der Waals surface area contributed by atoms with Gasteiger partial charge in [-0.3, -0.25) is 19.9 Å². The molecule has 0 amide bonds. The predicted molar refractivity (Wildman–Crippen MR) is 128 cm³/mol. The number of nitrogens with one attached hydrogen (secondary N) is 1. The smallest absolute Gasteiger partial charge is 0.0347 e. The first-order chi connectivity index (χ1) is 15.8. The van der Waals surface area contributed by atoms with Gasteiger partial charge in [-0.1, -0.05) is 6.07 Å². The van der Waals surface area contributed by atoms with Crippen molar-refractivity contribution in [2.75, 3.05) is 0 Å². The van der Waals surface area contributed by atoms with Gasteiger partial charge in [-0.25, -0.2) is 0 Å². The summed E-state index contributed by atoms with van der Waals surface area (Å²) in [5.41, 5.74) is 9.40. The molecule has 5 heteroatoms. The van der Waals surface area contributed by atoms with E-state index in [9.17, 15) is 0 Å². The fourth-order valence-corrected chi connectivity index (χ4v) is 3.63. The van der Waals surface area contributed by atoms with E-state index >= 15 is 0 Å². The minimum absolute atomic E-state index is 1.00. The zero-order valence-electron chi connectivity index (χ0n) is 17.6. The number of rotatable bonds is 4. The normalized spacial score (nSPS) is 13.0. The van der Waals surface area contributed by atoms with E-state index in [1.807, 2.05) is 67.9 Å². The van der Waals surface area contributed by atoms with Crippen LogP contribution in [0.5, 0.6) is 0 Å². The Morgan fingerprint density at radius 1 is 0.625 bits per heavy atom. The van der Waals surface area contributed by atoms with Crippen molar-refractivity contribution in [3.63, 3.8) is 0 Å². The zero-order valence-corrected chi connectivity index (χ0v) is 17.6. The molecule has 0 atom stereocenters. The van der Waals surface area contributed by atoms with Crippen LogP contribution in [-0.4, -0.2) is 19.9 Å². The molecule has 32 heavy (non-hydrogen) atoms. The van der Waals surface area contributed by atoms with E-state index in [0.29, 0.717) is 0 Å². The van der Waals surface area contributed by atoms with Crippen LogP contribution in [0.15, 0.2) is 110 Å². The first-order valence-corrected chi connectivity index (χ1v) is 10.3. The highest BCUT2D eigenvalue weighted by Gasteiger charge is 2.08. The van der Waals surface area contributed by atoms with E-state index in [1.165, 1.54) is 0 Å². The lowest BCUT2D eigenvalue weighted by atomic mass is 9.99. The number of hydrogen-bond donors (Lipinski definition) is 1. The van der Waals surface area contributed by atoms with Gasteiger partial charge in [0.1, 0.15) is 0 Å². The molecule has 0 saturated heterocycles. The first kappa shape index (κ1) is 19.6. The molecule has 1 N–H and O–H groups in total. The van der Waals surface area contributed by atoms with E-state index in [2.05, 4.69) is 62.5 Å². The summed E-state index contributed by atoms with van der Waals surface area (Å²) in [7, 11) is 0. The van der Waals surface area contributed by atoms with E-state index in [4.69, 9.17) is 0 Å². The lowest BCUT2D eigenvalue weighted by molar-refractivity contribution is 1.18. The average molecular weight is 416 g/mol. The lowest BCUT2D eigenvalue weighted by Crippen LogP contribution is -1.90. The summed E-state index contributed by atoms with van der Waals surface area (Å²) in [6.45, 7) is 2.07. The van der Waals surface area contributed by atoms with Crippen molar-refractivity contribution in [3.05, 3.63) is 116 Å². The number of nitrogens with zero attached hydrogens (tertiary/aromatic N) is 4. The number of aromatic nitrogens is 4. The molecular weight excluding hydrogens is 394 g/mol. The molecule has 0 saturated carbocycles. The molecule has 0 aliphatic carbocycles. The third-order valence-corrected chi connectivity index (χ3v) is 5.26. The van der Waals surface area contributed by atoms with E-state index in [0.717, 1.165) is 50.1 Å². The Hall–Kier alpha value is -4.38. The van der Waals surface area contributed by atoms with Crippen molar-refractivity contribution < 1.29 is 0 Å². The molecule has 0 fully saturated rings. The van der Waals surface area contributed by atoms with Crippen LogP contribution in [0.4, 0.5) is 0 Å². The molecule has 1 aliphatic rings. The van der Waals surface area contributed by atoms with Gasteiger partial charge in [-0.2, -0.15) is 0 Å². The Kier molecular flexibility index (Phi) is 5.37. The summed E-state index contributed by atoms with van der Waals surface area (Å²) in [6, 6.07) is 10.3. The molecule has 5 rings (SSSR count). The zero-order chi connectivity index (χ0) is 21.8. The SMILES string of the molecule is CC1=CNC=CC(c2cncc(-c3cncc(-c4cncc(-c5cccnc5)c4)c3)c2)=C1. The second-order valence-corrected chi connectivity index (χ2v) is 7.62. The van der Waals surface area contributed by atoms with Gasteiger partial charge < -0.3 is 5.32 Å². The second-order valence-electron chi connectivity index (χ2n) is 7.62. The summed E-state index contributed by atoms with van der Waals surface area (Å²) in [5, 5.41) is 3.15. The number of pyridine rings is 4. The summed E-state index contributed by atoms with van der Waals surface area (Å²) >= 11 is 0. The molecule has 5 heterocycles. The highest BCUT2D eigenvalue weighted by molar-refractivity contribution is 5.80. The minimum atomic E-state index is 1.00. The Bertz CT molecular complexity index is 1350. The maximum Gasteiger partial charge on any atom is 0.0347 e. The third kappa shape index (κ3) is 4.23. The van der Waals surface area contributed by atoms with Gasteiger partial charge in [0, 0.05) is 101 Å². The maximum atomic E-state index is 4.49. The van der Waals surface area contributed by atoms with Crippen molar-refractivity contribution in [2.24, 2.45) is 0 Å². The Labute approximate surface area is 187 Å². The fraction of sp³-hybridized carbons (Fsp3) is 0.0370. The van der Waals surface area contributed by atoms with Gasteiger partial charge in [-0.05, 0) is 54.5 Å². The Morgan fingerprint density at radius 2 is 1.16 bits per heavy atom. The molecule has 4 aromatic heterocycles. The molecule has 0 radical (unpaired) electrons. The molecular formula is C27H21N5. The van der Waals surface area contributed by atoms with Crippen LogP contribution in [0.1, 0.15) is 12.5 Å². The van der Waals surface area contributed by atoms with Crippen molar-refractivity contribution in [1.82, 2.24) is 25.3 Å². The minimum Gasteiger partial charge on any atom is -0.367 e. The largest absolute Gasteiger partial charge is 0.367 e. The van der Waals surface area contributed by atoms with Gasteiger partial charge in [0.2, 0.25) is 0 Å². The monoisotopic (exact) mass is 415 g/mol. The van der Waals surface area contributed by atoms with Gasteiger partial charge in [0.05, 0.1) is 0 Å². The van der Waals surface area contributed by atoms with Crippen molar-refractivity contribution in [1.29, 1.82) is 0 Å². The molecule has 1 aliphatic heterocycles. The Morgan fingerprint density at radius 3 is 1.75 bits per heavy atom. The third-order valence-electron chi connectivity index (χ3n) is 5.26. The van der Waals surface area contributed by atoms with E-state index in [-0.39, 0.29) is 0 Å². The van der Waals surface area contributed by atoms with Gasteiger partial charge >= 0.3 is 0 Å². The molecule has 5 nitrogen and oxygen atoms in total. The van der Waals surface area contributed by atoms with Gasteiger partial charge in [0.25, 0.3) is 0 Å². The standard InChI is InChI=1S/C27H21N5/c1-19-7-20(4-6-29-11-19)22-8-24(15-30-13-22)26-10-27(18-32-17-26)25-9-23(14-31-16-25)21-3-2-5-28-12-21/h2-18,29H,1H3. The Balaban J connectivity index is 1.50. The molecule has 4 aromatic rings. The lowest BCUT2D eigenvalue weighted by Gasteiger charge is -2.09. The summed E-state index contributed by atoms with van der Waals surface area (Å²) in [4.78, 5) is 17.6. The highest BCUT2D eigenvalue weighted by atomic mass is 14.8. The highest BCUT2D eigenvalue weighted by Crippen LogP contribution is 2.29. The topological polar surface area (TPSA) is 63.6 Å². The van der Waals surface area contributed by atoms with Crippen LogP contribution in [0.2, 0.25) is 0 Å². The quantitative estimate of drug-likeness (QED) is 0.465. The van der Waals surface area contributed by atoms with E-state index < -0.39 is 0 Å². The van der Waals surface area contributed by atoms with E-state index in [1.54, 1.807) is 6.20 Å². The van der Waals surface area contributed by atoms with Crippen LogP contribution in [-0.2, 0) is 0 Å². The molecule has 154 valence electrons. The first-order valence-electron chi connectivity index (χ1n) is 10.3. The van der Waals surface area contributed by atoms with Crippen molar-refractivity contribution >= 4 is 5.57 Å². The maximum absolute atomic E-state index is 4.49. The summed E-state index contributed by atoms with van der Waals surface area (Å²) in [5.74, 6) is 0. The predicted octanol–water partition coefficient (Wildman–Crippen LogP) is 5.67. The second kappa shape index (κ2) is 8.78. The fourth-order valence-electron chi connectivity index (χ4n) is 3.63. The van der Waals surface area contributed by atoms with Gasteiger partial charge in [0.15, 0.2) is 0 Å². The van der Waals surface area contributed by atoms with Gasteiger partial charge in [-0.15, -0.1) is 0 Å². The van der Waals surface area contributed by atoms with Crippen LogP contribution >= 0.6 is 0 Å². The average Bonchev–Trinajstić information content (AvgIpc) is 3.09. The van der Waals surface area contributed by atoms with Crippen LogP contribution in [0.25, 0.3) is 39.0 Å². The molecule has 0 spiro atoms. The van der Waals surface area contributed by atoms with Crippen LogP contribution in [0, 0.1) is 0 Å². The molecule has 0 unspecified atom stereocenters. The summed E-state index contributed by atoms with van der Waals surface area (Å²) in [6.07, 6.45) is 22.9. The van der Waals surface area contributed by atoms with Crippen LogP contribution < -0.4 is 5.32 Å². The number of allylic oxidation sites excluding steroid dienone is 4. The molecule has 0 bridgehead atoms. The summed E-state index contributed by atoms with van der Waals surface area (Å²) < 4.78 is 0.